The predicted molar refractivity (Wildman–Crippen MR) is 105 cm³/mol. The Kier molecular flexibility index (Phi) is 6.90. The maximum absolute atomic E-state index is 12.3. The van der Waals surface area contributed by atoms with Crippen LogP contribution >= 0.6 is 0 Å². The summed E-state index contributed by atoms with van der Waals surface area (Å²) in [6.07, 6.45) is 2.64. The van der Waals surface area contributed by atoms with Crippen LogP contribution in [0.2, 0.25) is 0 Å². The van der Waals surface area contributed by atoms with E-state index in [1.54, 1.807) is 14.2 Å². The third-order valence-electron chi connectivity index (χ3n) is 4.92. The summed E-state index contributed by atoms with van der Waals surface area (Å²) < 4.78 is 12.6. The second-order valence-electron chi connectivity index (χ2n) is 7.09. The summed E-state index contributed by atoms with van der Waals surface area (Å²) in [4.78, 5) is 14.7. The molecule has 1 atom stereocenters. The molecule has 0 bridgehead atoms. The first-order valence-corrected chi connectivity index (χ1v) is 9.43. The van der Waals surface area contributed by atoms with Crippen LogP contribution in [-0.2, 0) is 29.2 Å². The van der Waals surface area contributed by atoms with Crippen molar-refractivity contribution < 1.29 is 14.3 Å². The summed E-state index contributed by atoms with van der Waals surface area (Å²) in [6, 6.07) is 12.4. The van der Waals surface area contributed by atoms with E-state index >= 15 is 0 Å². The van der Waals surface area contributed by atoms with Crippen molar-refractivity contribution in [1.29, 1.82) is 0 Å². The van der Waals surface area contributed by atoms with E-state index in [0.29, 0.717) is 19.6 Å². The van der Waals surface area contributed by atoms with Crippen LogP contribution in [0.4, 0.5) is 0 Å². The summed E-state index contributed by atoms with van der Waals surface area (Å²) in [6.45, 7) is 4.58. The molecule has 6 heteroatoms. The number of hydrogen-bond donors (Lipinski definition) is 1. The second-order valence-corrected chi connectivity index (χ2v) is 7.09. The maximum Gasteiger partial charge on any atom is 0.220 e. The van der Waals surface area contributed by atoms with Crippen LogP contribution in [0.25, 0.3) is 0 Å². The Morgan fingerprint density at radius 2 is 2.11 bits per heavy atom. The minimum atomic E-state index is 0.0917. The fourth-order valence-corrected chi connectivity index (χ4v) is 3.67. The summed E-state index contributed by atoms with van der Waals surface area (Å²) in [5.41, 5.74) is 2.51. The van der Waals surface area contributed by atoms with Gasteiger partial charge in [0.15, 0.2) is 0 Å². The zero-order valence-electron chi connectivity index (χ0n) is 16.2. The lowest BCUT2D eigenvalue weighted by Gasteiger charge is -2.24. The van der Waals surface area contributed by atoms with Crippen LogP contribution in [-0.4, -0.2) is 49.3 Å². The van der Waals surface area contributed by atoms with E-state index in [9.17, 15) is 4.79 Å². The number of amides is 1. The molecule has 1 N–H and O–H groups in total. The molecule has 0 fully saturated rings. The molecule has 1 amide bonds. The average molecular weight is 371 g/mol. The summed E-state index contributed by atoms with van der Waals surface area (Å²) in [7, 11) is 3.33. The molecule has 146 valence electrons. The smallest absolute Gasteiger partial charge is 0.220 e. The van der Waals surface area contributed by atoms with Crippen molar-refractivity contribution >= 4 is 5.91 Å². The molecule has 2 aromatic rings. The number of fused-ring (bicyclic) bond motifs is 1. The number of nitrogens with zero attached hydrogens (tertiary/aromatic N) is 2. The van der Waals surface area contributed by atoms with E-state index in [-0.39, 0.29) is 11.8 Å². The zero-order valence-corrected chi connectivity index (χ0v) is 16.2. The third kappa shape index (κ3) is 5.58. The highest BCUT2D eigenvalue weighted by Gasteiger charge is 2.23. The lowest BCUT2D eigenvalue weighted by molar-refractivity contribution is -0.122. The quantitative estimate of drug-likeness (QED) is 0.724. The highest BCUT2D eigenvalue weighted by molar-refractivity contribution is 5.76. The standard InChI is InChI=1S/C21H29N3O3/c1-26-10-8-22-21(25)12-18-14-23(16-19-6-4-9-24(19)15-18)13-17-5-3-7-20(11-17)27-2/h3-7,9,11,18H,8,10,12-16H2,1-2H3,(H,22,25)/t18-/m1/s1. The molecule has 0 radical (unpaired) electrons. The van der Waals surface area contributed by atoms with Crippen LogP contribution in [0, 0.1) is 5.92 Å². The minimum absolute atomic E-state index is 0.0917. The number of carbonyl (C=O) groups excluding carboxylic acids is 1. The van der Waals surface area contributed by atoms with E-state index < -0.39 is 0 Å². The van der Waals surface area contributed by atoms with Gasteiger partial charge in [-0.05, 0) is 35.7 Å². The first-order chi connectivity index (χ1) is 13.2. The molecule has 0 saturated heterocycles. The SMILES string of the molecule is COCCNC(=O)C[C@@H]1CN(Cc2cccc(OC)c2)Cc2cccn2C1. The fraction of sp³-hybridized carbons (Fsp3) is 0.476. The Labute approximate surface area is 161 Å². The van der Waals surface area contributed by atoms with Gasteiger partial charge in [-0.3, -0.25) is 9.69 Å². The number of benzene rings is 1. The van der Waals surface area contributed by atoms with E-state index in [4.69, 9.17) is 9.47 Å². The molecule has 27 heavy (non-hydrogen) atoms. The first-order valence-electron chi connectivity index (χ1n) is 9.43. The number of ether oxygens (including phenoxy) is 2. The molecule has 2 heterocycles. The first kappa shape index (κ1) is 19.5. The molecule has 1 aliphatic heterocycles. The Morgan fingerprint density at radius 3 is 2.93 bits per heavy atom. The molecule has 0 aliphatic carbocycles. The van der Waals surface area contributed by atoms with Crippen LogP contribution in [0.1, 0.15) is 17.7 Å². The molecule has 1 aromatic carbocycles. The number of methoxy groups -OCH3 is 2. The topological polar surface area (TPSA) is 55.7 Å². The summed E-state index contributed by atoms with van der Waals surface area (Å²) in [5, 5.41) is 2.94. The molecule has 1 aromatic heterocycles. The van der Waals surface area contributed by atoms with Gasteiger partial charge in [0.2, 0.25) is 5.91 Å². The summed E-state index contributed by atoms with van der Waals surface area (Å²) >= 11 is 0. The van der Waals surface area contributed by atoms with Gasteiger partial charge in [0.25, 0.3) is 0 Å². The zero-order chi connectivity index (χ0) is 19.1. The Bertz CT molecular complexity index is 744. The van der Waals surface area contributed by atoms with Gasteiger partial charge in [-0.2, -0.15) is 0 Å². The summed E-state index contributed by atoms with van der Waals surface area (Å²) in [5.74, 6) is 1.24. The van der Waals surface area contributed by atoms with Gasteiger partial charge in [0.05, 0.1) is 13.7 Å². The van der Waals surface area contributed by atoms with Gasteiger partial charge in [-0.15, -0.1) is 0 Å². The molecule has 6 nitrogen and oxygen atoms in total. The maximum atomic E-state index is 12.3. The van der Waals surface area contributed by atoms with Gasteiger partial charge in [-0.25, -0.2) is 0 Å². The molecule has 1 aliphatic rings. The van der Waals surface area contributed by atoms with Crippen molar-refractivity contribution in [2.75, 3.05) is 33.9 Å². The lowest BCUT2D eigenvalue weighted by Crippen LogP contribution is -2.33. The van der Waals surface area contributed by atoms with Crippen molar-refractivity contribution in [3.63, 3.8) is 0 Å². The molecule has 0 spiro atoms. The van der Waals surface area contributed by atoms with E-state index in [1.807, 2.05) is 12.1 Å². The largest absolute Gasteiger partial charge is 0.497 e. The minimum Gasteiger partial charge on any atom is -0.497 e. The second kappa shape index (κ2) is 9.58. The van der Waals surface area contributed by atoms with Crippen molar-refractivity contribution in [3.8, 4) is 5.75 Å². The van der Waals surface area contributed by atoms with Gasteiger partial charge < -0.3 is 19.4 Å². The van der Waals surface area contributed by atoms with Gasteiger partial charge in [0, 0.05) is 58.1 Å². The van der Waals surface area contributed by atoms with Crippen molar-refractivity contribution in [2.24, 2.45) is 5.92 Å². The van der Waals surface area contributed by atoms with Crippen LogP contribution in [0.3, 0.4) is 0 Å². The third-order valence-corrected chi connectivity index (χ3v) is 4.92. The molecule has 0 saturated carbocycles. The number of aromatic nitrogens is 1. The highest BCUT2D eigenvalue weighted by atomic mass is 16.5. The van der Waals surface area contributed by atoms with E-state index in [1.165, 1.54) is 11.3 Å². The Balaban J connectivity index is 1.67. The van der Waals surface area contributed by atoms with Crippen LogP contribution in [0.15, 0.2) is 42.6 Å². The van der Waals surface area contributed by atoms with Gasteiger partial charge in [0.1, 0.15) is 5.75 Å². The Hall–Kier alpha value is -2.31. The normalized spacial score (nSPS) is 17.2. The molecule has 0 unspecified atom stereocenters. The number of hydrogen-bond acceptors (Lipinski definition) is 4. The number of rotatable bonds is 8. The molecule has 3 rings (SSSR count). The van der Waals surface area contributed by atoms with Gasteiger partial charge >= 0.3 is 0 Å². The van der Waals surface area contributed by atoms with Crippen LogP contribution < -0.4 is 10.1 Å². The number of nitrogens with one attached hydrogen (secondary N) is 1. The van der Waals surface area contributed by atoms with E-state index in [2.05, 4.69) is 45.2 Å². The van der Waals surface area contributed by atoms with E-state index in [0.717, 1.165) is 31.9 Å². The Morgan fingerprint density at radius 1 is 1.22 bits per heavy atom. The van der Waals surface area contributed by atoms with Gasteiger partial charge in [-0.1, -0.05) is 12.1 Å². The fourth-order valence-electron chi connectivity index (χ4n) is 3.67. The molecular formula is C21H29N3O3. The highest BCUT2D eigenvalue weighted by Crippen LogP contribution is 2.22. The monoisotopic (exact) mass is 371 g/mol. The van der Waals surface area contributed by atoms with Crippen molar-refractivity contribution in [3.05, 3.63) is 53.9 Å². The van der Waals surface area contributed by atoms with Crippen molar-refractivity contribution in [2.45, 2.75) is 26.1 Å². The predicted octanol–water partition coefficient (Wildman–Crippen LogP) is 2.28. The van der Waals surface area contributed by atoms with Crippen LogP contribution in [0.5, 0.6) is 5.75 Å². The lowest BCUT2D eigenvalue weighted by atomic mass is 10.0. The molecular weight excluding hydrogens is 342 g/mol. The van der Waals surface area contributed by atoms with Crippen molar-refractivity contribution in [1.82, 2.24) is 14.8 Å². The average Bonchev–Trinajstić information content (AvgIpc) is 3.02. The number of carbonyl (C=O) groups is 1.